The van der Waals surface area contributed by atoms with Crippen LogP contribution >= 0.6 is 0 Å². The maximum absolute atomic E-state index is 9.48. The monoisotopic (exact) mass is 173 g/mol. The van der Waals surface area contributed by atoms with E-state index in [1.165, 1.54) is 0 Å². The van der Waals surface area contributed by atoms with Crippen LogP contribution in [-0.2, 0) is 0 Å². The van der Waals surface area contributed by atoms with Gasteiger partial charge in [-0.3, -0.25) is 0 Å². The van der Waals surface area contributed by atoms with Gasteiger partial charge in [0.05, 0.1) is 5.60 Å². The Bertz CT molecular complexity index is 115. The lowest BCUT2D eigenvalue weighted by atomic mass is 10.0. The fourth-order valence-electron chi connectivity index (χ4n) is 1.23. The van der Waals surface area contributed by atoms with E-state index in [1.54, 1.807) is 0 Å². The summed E-state index contributed by atoms with van der Waals surface area (Å²) in [5.74, 6) is 0.636. The summed E-state index contributed by atoms with van der Waals surface area (Å²) < 4.78 is 0. The molecule has 0 bridgehead atoms. The molecule has 0 aliphatic heterocycles. The molecule has 1 atom stereocenters. The Labute approximate surface area is 76.4 Å². The standard InChI is InChI=1S/C10H23NO/c1-6-9(8(2)3)11-7-10(4,5)12/h8-9,11-12H,6-7H2,1-5H3/t9-/m1/s1. The second-order valence-corrected chi connectivity index (χ2v) is 4.45. The Morgan fingerprint density at radius 1 is 1.33 bits per heavy atom. The van der Waals surface area contributed by atoms with E-state index >= 15 is 0 Å². The van der Waals surface area contributed by atoms with Gasteiger partial charge in [-0.25, -0.2) is 0 Å². The molecule has 12 heavy (non-hydrogen) atoms. The van der Waals surface area contributed by atoms with Crippen molar-refractivity contribution in [3.8, 4) is 0 Å². The molecule has 0 amide bonds. The van der Waals surface area contributed by atoms with Gasteiger partial charge >= 0.3 is 0 Å². The number of hydrogen-bond donors (Lipinski definition) is 2. The fraction of sp³-hybridized carbons (Fsp3) is 1.00. The summed E-state index contributed by atoms with van der Waals surface area (Å²) in [5.41, 5.74) is -0.595. The largest absolute Gasteiger partial charge is 0.389 e. The van der Waals surface area contributed by atoms with Gasteiger partial charge in [-0.1, -0.05) is 20.8 Å². The summed E-state index contributed by atoms with van der Waals surface area (Å²) in [4.78, 5) is 0. The SMILES string of the molecule is CC[C@@H](NCC(C)(C)O)C(C)C. The predicted molar refractivity (Wildman–Crippen MR) is 53.2 cm³/mol. The summed E-state index contributed by atoms with van der Waals surface area (Å²) in [5, 5.41) is 12.8. The molecule has 0 aliphatic rings. The van der Waals surface area contributed by atoms with E-state index < -0.39 is 5.60 Å². The zero-order valence-electron chi connectivity index (χ0n) is 9.02. The number of nitrogens with one attached hydrogen (secondary N) is 1. The van der Waals surface area contributed by atoms with Crippen molar-refractivity contribution in [2.24, 2.45) is 5.92 Å². The lowest BCUT2D eigenvalue weighted by molar-refractivity contribution is 0.0740. The maximum Gasteiger partial charge on any atom is 0.0715 e. The van der Waals surface area contributed by atoms with Gasteiger partial charge < -0.3 is 10.4 Å². The van der Waals surface area contributed by atoms with Crippen molar-refractivity contribution in [2.45, 2.75) is 52.7 Å². The first-order valence-corrected chi connectivity index (χ1v) is 4.82. The van der Waals surface area contributed by atoms with E-state index in [2.05, 4.69) is 26.1 Å². The minimum absolute atomic E-state index is 0.524. The first kappa shape index (κ1) is 11.9. The predicted octanol–water partition coefficient (Wildman–Crippen LogP) is 1.78. The average molecular weight is 173 g/mol. The van der Waals surface area contributed by atoms with Crippen LogP contribution in [-0.4, -0.2) is 23.3 Å². The second-order valence-electron chi connectivity index (χ2n) is 4.45. The van der Waals surface area contributed by atoms with Gasteiger partial charge in [0.1, 0.15) is 0 Å². The Morgan fingerprint density at radius 2 is 1.83 bits per heavy atom. The van der Waals surface area contributed by atoms with Crippen LogP contribution < -0.4 is 5.32 Å². The van der Waals surface area contributed by atoms with Gasteiger partial charge in [0, 0.05) is 12.6 Å². The zero-order chi connectivity index (χ0) is 9.78. The Balaban J connectivity index is 3.73. The van der Waals surface area contributed by atoms with Crippen LogP contribution in [0.1, 0.15) is 41.0 Å². The molecule has 0 saturated heterocycles. The lowest BCUT2D eigenvalue weighted by Gasteiger charge is -2.25. The summed E-state index contributed by atoms with van der Waals surface area (Å²) in [6.45, 7) is 10.9. The normalized spacial score (nSPS) is 15.2. The van der Waals surface area contributed by atoms with E-state index in [-0.39, 0.29) is 0 Å². The quantitative estimate of drug-likeness (QED) is 0.664. The van der Waals surface area contributed by atoms with Crippen molar-refractivity contribution in [1.82, 2.24) is 5.32 Å². The van der Waals surface area contributed by atoms with Crippen molar-refractivity contribution in [3.05, 3.63) is 0 Å². The van der Waals surface area contributed by atoms with Crippen LogP contribution in [0.4, 0.5) is 0 Å². The summed E-state index contributed by atoms with van der Waals surface area (Å²) >= 11 is 0. The Hall–Kier alpha value is -0.0800. The summed E-state index contributed by atoms with van der Waals surface area (Å²) in [6, 6.07) is 0.524. The van der Waals surface area contributed by atoms with Crippen LogP contribution in [0.2, 0.25) is 0 Å². The first-order valence-electron chi connectivity index (χ1n) is 4.82. The van der Waals surface area contributed by atoms with Crippen LogP contribution in [0.25, 0.3) is 0 Å². The highest BCUT2D eigenvalue weighted by Crippen LogP contribution is 2.07. The zero-order valence-corrected chi connectivity index (χ0v) is 9.02. The topological polar surface area (TPSA) is 32.3 Å². The van der Waals surface area contributed by atoms with Crippen molar-refractivity contribution < 1.29 is 5.11 Å². The van der Waals surface area contributed by atoms with E-state index in [1.807, 2.05) is 13.8 Å². The molecule has 2 nitrogen and oxygen atoms in total. The third-order valence-electron chi connectivity index (χ3n) is 2.04. The van der Waals surface area contributed by atoms with Gasteiger partial charge in [0.15, 0.2) is 0 Å². The molecule has 2 heteroatoms. The van der Waals surface area contributed by atoms with Gasteiger partial charge in [0.2, 0.25) is 0 Å². The molecular weight excluding hydrogens is 150 g/mol. The molecule has 0 aromatic rings. The number of rotatable bonds is 5. The molecule has 0 aromatic carbocycles. The third-order valence-corrected chi connectivity index (χ3v) is 2.04. The highest BCUT2D eigenvalue weighted by molar-refractivity contribution is 4.75. The molecule has 2 N–H and O–H groups in total. The van der Waals surface area contributed by atoms with Gasteiger partial charge in [-0.2, -0.15) is 0 Å². The molecule has 0 spiro atoms. The van der Waals surface area contributed by atoms with Crippen molar-refractivity contribution >= 4 is 0 Å². The second kappa shape index (κ2) is 4.83. The minimum atomic E-state index is -0.595. The highest BCUT2D eigenvalue weighted by Gasteiger charge is 2.16. The minimum Gasteiger partial charge on any atom is -0.389 e. The first-order chi connectivity index (χ1) is 5.37. The van der Waals surface area contributed by atoms with E-state index in [9.17, 15) is 5.11 Å². The molecule has 0 aromatic heterocycles. The molecule has 0 saturated carbocycles. The Kier molecular flexibility index (Phi) is 4.80. The molecule has 0 aliphatic carbocycles. The summed E-state index contributed by atoms with van der Waals surface area (Å²) in [6.07, 6.45) is 1.12. The van der Waals surface area contributed by atoms with E-state index in [0.717, 1.165) is 6.42 Å². The van der Waals surface area contributed by atoms with Gasteiger partial charge in [-0.15, -0.1) is 0 Å². The molecular formula is C10H23NO. The van der Waals surface area contributed by atoms with Gasteiger partial charge in [-0.05, 0) is 26.2 Å². The van der Waals surface area contributed by atoms with Crippen molar-refractivity contribution in [1.29, 1.82) is 0 Å². The third kappa shape index (κ3) is 5.56. The van der Waals surface area contributed by atoms with E-state index in [4.69, 9.17) is 0 Å². The van der Waals surface area contributed by atoms with E-state index in [0.29, 0.717) is 18.5 Å². The molecule has 0 heterocycles. The van der Waals surface area contributed by atoms with Crippen LogP contribution in [0.3, 0.4) is 0 Å². The van der Waals surface area contributed by atoms with Crippen molar-refractivity contribution in [3.63, 3.8) is 0 Å². The van der Waals surface area contributed by atoms with Crippen molar-refractivity contribution in [2.75, 3.05) is 6.54 Å². The Morgan fingerprint density at radius 3 is 2.08 bits per heavy atom. The van der Waals surface area contributed by atoms with Gasteiger partial charge in [0.25, 0.3) is 0 Å². The molecule has 0 radical (unpaired) electrons. The van der Waals surface area contributed by atoms with Crippen LogP contribution in [0, 0.1) is 5.92 Å². The molecule has 74 valence electrons. The van der Waals surface area contributed by atoms with Crippen LogP contribution in [0.5, 0.6) is 0 Å². The number of hydrogen-bond acceptors (Lipinski definition) is 2. The molecule has 0 rings (SSSR count). The number of aliphatic hydroxyl groups is 1. The average Bonchev–Trinajstić information content (AvgIpc) is 1.85. The fourth-order valence-corrected chi connectivity index (χ4v) is 1.23. The highest BCUT2D eigenvalue weighted by atomic mass is 16.3. The molecule has 0 unspecified atom stereocenters. The van der Waals surface area contributed by atoms with Crippen LogP contribution in [0.15, 0.2) is 0 Å². The lowest BCUT2D eigenvalue weighted by Crippen LogP contribution is -2.42. The smallest absolute Gasteiger partial charge is 0.0715 e. The summed E-state index contributed by atoms with van der Waals surface area (Å²) in [7, 11) is 0. The molecule has 0 fully saturated rings. The maximum atomic E-state index is 9.48.